The van der Waals surface area contributed by atoms with Crippen molar-refractivity contribution in [2.24, 2.45) is 0 Å². The lowest BCUT2D eigenvalue weighted by Crippen LogP contribution is -2.37. The molecule has 4 nitrogen and oxygen atoms in total. The summed E-state index contributed by atoms with van der Waals surface area (Å²) in [4.78, 5) is 5.29. The quantitative estimate of drug-likeness (QED) is 0.670. The van der Waals surface area contributed by atoms with E-state index in [1.807, 2.05) is 20.8 Å². The standard InChI is InChI=1S/C8H17NO3S/c1-8(2,3)12-9-7-4-5-13(10,11)6-7/h7,9H,4-6H2,1-3H3. The van der Waals surface area contributed by atoms with Gasteiger partial charge in [0.15, 0.2) is 9.84 Å². The maximum atomic E-state index is 11.1. The van der Waals surface area contributed by atoms with Gasteiger partial charge in [-0.1, -0.05) is 0 Å². The lowest BCUT2D eigenvalue weighted by molar-refractivity contribution is -0.0848. The van der Waals surface area contributed by atoms with Gasteiger partial charge in [0, 0.05) is 6.04 Å². The summed E-state index contributed by atoms with van der Waals surface area (Å²) >= 11 is 0. The van der Waals surface area contributed by atoms with E-state index in [1.54, 1.807) is 0 Å². The van der Waals surface area contributed by atoms with Gasteiger partial charge in [0.05, 0.1) is 17.1 Å². The third-order valence-corrected chi connectivity index (χ3v) is 3.53. The fraction of sp³-hybridized carbons (Fsp3) is 1.00. The van der Waals surface area contributed by atoms with Crippen LogP contribution in [0.4, 0.5) is 0 Å². The maximum Gasteiger partial charge on any atom is 0.151 e. The molecule has 0 saturated carbocycles. The van der Waals surface area contributed by atoms with Crippen molar-refractivity contribution in [2.45, 2.75) is 38.8 Å². The first-order valence-electron chi connectivity index (χ1n) is 4.42. The third kappa shape index (κ3) is 4.06. The van der Waals surface area contributed by atoms with Crippen LogP contribution >= 0.6 is 0 Å². The van der Waals surface area contributed by atoms with Gasteiger partial charge in [-0.3, -0.25) is 4.84 Å². The van der Waals surface area contributed by atoms with Crippen LogP contribution < -0.4 is 5.48 Å². The Balaban J connectivity index is 2.34. The molecule has 0 aromatic rings. The van der Waals surface area contributed by atoms with Crippen LogP contribution in [-0.2, 0) is 14.7 Å². The first-order chi connectivity index (χ1) is 5.79. The number of sulfone groups is 1. The molecule has 0 spiro atoms. The summed E-state index contributed by atoms with van der Waals surface area (Å²) in [5.74, 6) is 0.473. The molecule has 1 heterocycles. The van der Waals surface area contributed by atoms with Crippen molar-refractivity contribution < 1.29 is 13.3 Å². The highest BCUT2D eigenvalue weighted by molar-refractivity contribution is 7.91. The second-order valence-electron chi connectivity index (χ2n) is 4.43. The Labute approximate surface area is 79.5 Å². The Hall–Kier alpha value is -0.130. The SMILES string of the molecule is CC(C)(C)ONC1CCS(=O)(=O)C1. The topological polar surface area (TPSA) is 55.4 Å². The molecule has 0 bridgehead atoms. The van der Waals surface area contributed by atoms with Crippen molar-refractivity contribution in [1.29, 1.82) is 0 Å². The van der Waals surface area contributed by atoms with E-state index < -0.39 is 9.84 Å². The van der Waals surface area contributed by atoms with Crippen molar-refractivity contribution >= 4 is 9.84 Å². The number of rotatable bonds is 2. The molecule has 1 fully saturated rings. The van der Waals surface area contributed by atoms with Crippen LogP contribution in [0.1, 0.15) is 27.2 Å². The van der Waals surface area contributed by atoms with Gasteiger partial charge < -0.3 is 0 Å². The molecule has 0 aliphatic carbocycles. The van der Waals surface area contributed by atoms with Gasteiger partial charge in [0.1, 0.15) is 0 Å². The third-order valence-electron chi connectivity index (χ3n) is 1.76. The van der Waals surface area contributed by atoms with Crippen LogP contribution in [-0.4, -0.2) is 31.6 Å². The summed E-state index contributed by atoms with van der Waals surface area (Å²) in [6.07, 6.45) is 0.651. The molecule has 13 heavy (non-hydrogen) atoms. The highest BCUT2D eigenvalue weighted by Gasteiger charge is 2.28. The minimum Gasteiger partial charge on any atom is -0.296 e. The van der Waals surface area contributed by atoms with Gasteiger partial charge in [0.2, 0.25) is 0 Å². The Morgan fingerprint density at radius 1 is 1.38 bits per heavy atom. The molecule has 1 unspecified atom stereocenters. The molecule has 0 aromatic heterocycles. The lowest BCUT2D eigenvalue weighted by atomic mass is 10.2. The van der Waals surface area contributed by atoms with E-state index in [1.165, 1.54) is 0 Å². The van der Waals surface area contributed by atoms with Gasteiger partial charge in [-0.25, -0.2) is 8.42 Å². The van der Waals surface area contributed by atoms with Crippen molar-refractivity contribution in [1.82, 2.24) is 5.48 Å². The molecule has 5 heteroatoms. The summed E-state index contributed by atoms with van der Waals surface area (Å²) < 4.78 is 22.1. The number of hydroxylamine groups is 1. The lowest BCUT2D eigenvalue weighted by Gasteiger charge is -2.21. The smallest absolute Gasteiger partial charge is 0.151 e. The van der Waals surface area contributed by atoms with Gasteiger partial charge in [-0.05, 0) is 27.2 Å². The summed E-state index contributed by atoms with van der Waals surface area (Å²) in [7, 11) is -2.81. The van der Waals surface area contributed by atoms with Crippen molar-refractivity contribution in [3.8, 4) is 0 Å². The molecule has 0 radical (unpaired) electrons. The predicted octanol–water partition coefficient (Wildman–Crippen LogP) is 0.493. The zero-order valence-electron chi connectivity index (χ0n) is 8.33. The van der Waals surface area contributed by atoms with E-state index in [4.69, 9.17) is 4.84 Å². The number of hydrogen-bond donors (Lipinski definition) is 1. The number of nitrogens with one attached hydrogen (secondary N) is 1. The fourth-order valence-electron chi connectivity index (χ4n) is 1.15. The van der Waals surface area contributed by atoms with E-state index in [2.05, 4.69) is 5.48 Å². The molecule has 1 N–H and O–H groups in total. The monoisotopic (exact) mass is 207 g/mol. The van der Waals surface area contributed by atoms with Gasteiger partial charge >= 0.3 is 0 Å². The van der Waals surface area contributed by atoms with Crippen LogP contribution in [0.2, 0.25) is 0 Å². The molecule has 1 rings (SSSR count). The van der Waals surface area contributed by atoms with Crippen LogP contribution in [0.5, 0.6) is 0 Å². The van der Waals surface area contributed by atoms with Gasteiger partial charge in [-0.2, -0.15) is 5.48 Å². The summed E-state index contributed by atoms with van der Waals surface area (Å²) in [6.45, 7) is 5.76. The first kappa shape index (κ1) is 10.9. The molecule has 0 aromatic carbocycles. The molecule has 1 saturated heterocycles. The zero-order valence-corrected chi connectivity index (χ0v) is 9.15. The first-order valence-corrected chi connectivity index (χ1v) is 6.25. The predicted molar refractivity (Wildman–Crippen MR) is 51.0 cm³/mol. The van der Waals surface area contributed by atoms with Crippen LogP contribution in [0.25, 0.3) is 0 Å². The zero-order chi connectivity index (χ0) is 10.1. The van der Waals surface area contributed by atoms with Crippen molar-refractivity contribution in [3.05, 3.63) is 0 Å². The maximum absolute atomic E-state index is 11.1. The molecular weight excluding hydrogens is 190 g/mol. The second-order valence-corrected chi connectivity index (χ2v) is 6.66. The molecular formula is C8H17NO3S. The Morgan fingerprint density at radius 2 is 2.00 bits per heavy atom. The van der Waals surface area contributed by atoms with E-state index in [-0.39, 0.29) is 23.1 Å². The molecule has 78 valence electrons. The van der Waals surface area contributed by atoms with E-state index in [9.17, 15) is 8.42 Å². The van der Waals surface area contributed by atoms with E-state index >= 15 is 0 Å². The van der Waals surface area contributed by atoms with Crippen molar-refractivity contribution in [3.63, 3.8) is 0 Å². The number of hydrogen-bond acceptors (Lipinski definition) is 4. The fourth-order valence-corrected chi connectivity index (χ4v) is 2.81. The van der Waals surface area contributed by atoms with Crippen LogP contribution in [0.15, 0.2) is 0 Å². The molecule has 1 aliphatic rings. The highest BCUT2D eigenvalue weighted by atomic mass is 32.2. The van der Waals surface area contributed by atoms with Gasteiger partial charge in [0.25, 0.3) is 0 Å². The Kier molecular flexibility index (Phi) is 2.99. The molecule has 1 atom stereocenters. The minimum atomic E-state index is -2.81. The Bertz CT molecular complexity index is 266. The largest absolute Gasteiger partial charge is 0.296 e. The van der Waals surface area contributed by atoms with Crippen molar-refractivity contribution in [2.75, 3.05) is 11.5 Å². The minimum absolute atomic E-state index is 0.0378. The summed E-state index contributed by atoms with van der Waals surface area (Å²) in [5, 5.41) is 0. The molecule has 1 aliphatic heterocycles. The normalized spacial score (nSPS) is 27.8. The van der Waals surface area contributed by atoms with Crippen LogP contribution in [0, 0.1) is 0 Å². The Morgan fingerprint density at radius 3 is 2.38 bits per heavy atom. The second kappa shape index (κ2) is 3.55. The van der Waals surface area contributed by atoms with Crippen LogP contribution in [0.3, 0.4) is 0 Å². The summed E-state index contributed by atoms with van der Waals surface area (Å²) in [6, 6.07) is -0.0378. The average Bonchev–Trinajstić information content (AvgIpc) is 2.24. The average molecular weight is 207 g/mol. The highest BCUT2D eigenvalue weighted by Crippen LogP contribution is 2.13. The van der Waals surface area contributed by atoms with Gasteiger partial charge in [-0.15, -0.1) is 0 Å². The summed E-state index contributed by atoms with van der Waals surface area (Å²) in [5.41, 5.74) is 2.53. The van der Waals surface area contributed by atoms with E-state index in [0.717, 1.165) is 0 Å². The molecule has 0 amide bonds. The van der Waals surface area contributed by atoms with E-state index in [0.29, 0.717) is 6.42 Å².